The van der Waals surface area contributed by atoms with E-state index in [2.05, 4.69) is 57.3 Å². The first-order valence-electron chi connectivity index (χ1n) is 7.02. The highest BCUT2D eigenvalue weighted by molar-refractivity contribution is 5.25. The fourth-order valence-electron chi connectivity index (χ4n) is 1.87. The Bertz CT molecular complexity index is 341. The van der Waals surface area contributed by atoms with Crippen LogP contribution in [0.4, 0.5) is 0 Å². The molecule has 18 heavy (non-hydrogen) atoms. The van der Waals surface area contributed by atoms with Crippen molar-refractivity contribution in [1.82, 2.24) is 5.32 Å². The monoisotopic (exact) mass is 248 g/mol. The van der Waals surface area contributed by atoms with E-state index < -0.39 is 0 Å². The number of hydrogen-bond acceptors (Lipinski definition) is 2. The van der Waals surface area contributed by atoms with Crippen molar-refractivity contribution in [3.63, 3.8) is 0 Å². The molecule has 0 fully saturated rings. The lowest BCUT2D eigenvalue weighted by molar-refractivity contribution is 0.402. The second kappa shape index (κ2) is 6.91. The minimum Gasteiger partial charge on any atom is -0.329 e. The Balaban J connectivity index is 2.45. The van der Waals surface area contributed by atoms with Crippen molar-refractivity contribution < 1.29 is 0 Å². The summed E-state index contributed by atoms with van der Waals surface area (Å²) in [6.45, 7) is 10.4. The van der Waals surface area contributed by atoms with Gasteiger partial charge in [0, 0.05) is 12.1 Å². The van der Waals surface area contributed by atoms with E-state index in [1.807, 2.05) is 0 Å². The molecule has 1 aromatic rings. The number of hydrogen-bond donors (Lipinski definition) is 2. The van der Waals surface area contributed by atoms with Crippen LogP contribution in [0.25, 0.3) is 0 Å². The summed E-state index contributed by atoms with van der Waals surface area (Å²) >= 11 is 0. The lowest BCUT2D eigenvalue weighted by Crippen LogP contribution is -2.46. The molecule has 2 heteroatoms. The van der Waals surface area contributed by atoms with Gasteiger partial charge in [-0.3, -0.25) is 0 Å². The number of nitrogens with one attached hydrogen (secondary N) is 1. The van der Waals surface area contributed by atoms with Gasteiger partial charge in [-0.1, -0.05) is 38.1 Å². The zero-order chi connectivity index (χ0) is 13.6. The Hall–Kier alpha value is -0.860. The largest absolute Gasteiger partial charge is 0.329 e. The zero-order valence-corrected chi connectivity index (χ0v) is 12.3. The van der Waals surface area contributed by atoms with E-state index in [9.17, 15) is 0 Å². The topological polar surface area (TPSA) is 38.0 Å². The predicted octanol–water partition coefficient (Wildman–Crippen LogP) is 3.07. The molecule has 102 valence electrons. The van der Waals surface area contributed by atoms with Crippen LogP contribution in [0.3, 0.4) is 0 Å². The maximum absolute atomic E-state index is 5.69. The summed E-state index contributed by atoms with van der Waals surface area (Å²) in [6, 6.07) is 9.02. The zero-order valence-electron chi connectivity index (χ0n) is 12.3. The summed E-state index contributed by atoms with van der Waals surface area (Å²) in [5.41, 5.74) is 8.56. The van der Waals surface area contributed by atoms with Crippen LogP contribution < -0.4 is 11.1 Å². The van der Waals surface area contributed by atoms with E-state index in [-0.39, 0.29) is 5.54 Å². The molecule has 1 rings (SSSR count). The molecule has 0 saturated heterocycles. The standard InChI is InChI=1S/C16H28N2/c1-5-13(2)15-8-6-14(7-9-15)10-11-18-16(3,4)12-17/h6-9,13,18H,5,10-12,17H2,1-4H3. The van der Waals surface area contributed by atoms with E-state index in [1.165, 1.54) is 17.5 Å². The van der Waals surface area contributed by atoms with Crippen LogP contribution in [0, 0.1) is 0 Å². The van der Waals surface area contributed by atoms with E-state index in [1.54, 1.807) is 0 Å². The Labute approximate surface area is 112 Å². The molecule has 0 radical (unpaired) electrons. The summed E-state index contributed by atoms with van der Waals surface area (Å²) in [7, 11) is 0. The van der Waals surface area contributed by atoms with Gasteiger partial charge in [-0.2, -0.15) is 0 Å². The molecule has 0 aliphatic rings. The van der Waals surface area contributed by atoms with Gasteiger partial charge in [0.2, 0.25) is 0 Å². The molecule has 0 aliphatic heterocycles. The third-order valence-electron chi connectivity index (χ3n) is 3.69. The second-order valence-corrected chi connectivity index (χ2v) is 5.82. The Morgan fingerprint density at radius 2 is 1.83 bits per heavy atom. The maximum atomic E-state index is 5.69. The second-order valence-electron chi connectivity index (χ2n) is 5.82. The first kappa shape index (κ1) is 15.2. The number of nitrogens with two attached hydrogens (primary N) is 1. The fraction of sp³-hybridized carbons (Fsp3) is 0.625. The van der Waals surface area contributed by atoms with Crippen molar-refractivity contribution in [1.29, 1.82) is 0 Å². The number of benzene rings is 1. The van der Waals surface area contributed by atoms with Crippen molar-refractivity contribution in [3.05, 3.63) is 35.4 Å². The molecular formula is C16H28N2. The number of rotatable bonds is 7. The summed E-state index contributed by atoms with van der Waals surface area (Å²) in [5.74, 6) is 0.661. The molecule has 2 nitrogen and oxygen atoms in total. The molecule has 0 aromatic heterocycles. The molecule has 3 N–H and O–H groups in total. The van der Waals surface area contributed by atoms with Gasteiger partial charge >= 0.3 is 0 Å². The van der Waals surface area contributed by atoms with Crippen LogP contribution in [-0.2, 0) is 6.42 Å². The fourth-order valence-corrected chi connectivity index (χ4v) is 1.87. The molecule has 0 saturated carbocycles. The molecule has 0 heterocycles. The van der Waals surface area contributed by atoms with Crippen LogP contribution >= 0.6 is 0 Å². The summed E-state index contributed by atoms with van der Waals surface area (Å²) in [6.07, 6.45) is 2.26. The third kappa shape index (κ3) is 4.79. The highest BCUT2D eigenvalue weighted by Gasteiger charge is 2.13. The van der Waals surface area contributed by atoms with E-state index in [0.717, 1.165) is 13.0 Å². The molecule has 0 amide bonds. The van der Waals surface area contributed by atoms with E-state index in [0.29, 0.717) is 12.5 Å². The average Bonchev–Trinajstić information content (AvgIpc) is 2.38. The van der Waals surface area contributed by atoms with Crippen molar-refractivity contribution in [2.24, 2.45) is 5.73 Å². The van der Waals surface area contributed by atoms with Gasteiger partial charge in [-0.15, -0.1) is 0 Å². The van der Waals surface area contributed by atoms with Gasteiger partial charge in [0.15, 0.2) is 0 Å². The first-order chi connectivity index (χ1) is 8.48. The molecule has 0 spiro atoms. The predicted molar refractivity (Wildman–Crippen MR) is 80.0 cm³/mol. The smallest absolute Gasteiger partial charge is 0.0247 e. The van der Waals surface area contributed by atoms with Crippen molar-refractivity contribution in [3.8, 4) is 0 Å². The lowest BCUT2D eigenvalue weighted by Gasteiger charge is -2.24. The van der Waals surface area contributed by atoms with Gasteiger partial charge in [0.1, 0.15) is 0 Å². The minimum atomic E-state index is 0.0384. The average molecular weight is 248 g/mol. The van der Waals surface area contributed by atoms with Crippen molar-refractivity contribution >= 4 is 0 Å². The van der Waals surface area contributed by atoms with Crippen LogP contribution in [0.15, 0.2) is 24.3 Å². The Morgan fingerprint density at radius 3 is 2.33 bits per heavy atom. The van der Waals surface area contributed by atoms with Crippen LogP contribution in [0.5, 0.6) is 0 Å². The van der Waals surface area contributed by atoms with Gasteiger partial charge in [0.05, 0.1) is 0 Å². The van der Waals surface area contributed by atoms with Crippen LogP contribution in [0.1, 0.15) is 51.2 Å². The van der Waals surface area contributed by atoms with Crippen LogP contribution in [-0.4, -0.2) is 18.6 Å². The van der Waals surface area contributed by atoms with Gasteiger partial charge in [-0.05, 0) is 50.3 Å². The molecule has 1 atom stereocenters. The third-order valence-corrected chi connectivity index (χ3v) is 3.69. The highest BCUT2D eigenvalue weighted by Crippen LogP contribution is 2.18. The minimum absolute atomic E-state index is 0.0384. The van der Waals surface area contributed by atoms with E-state index in [4.69, 9.17) is 5.73 Å². The van der Waals surface area contributed by atoms with E-state index >= 15 is 0 Å². The normalized spacial score (nSPS) is 13.6. The lowest BCUT2D eigenvalue weighted by atomic mass is 9.97. The Morgan fingerprint density at radius 1 is 1.22 bits per heavy atom. The Kier molecular flexibility index (Phi) is 5.83. The maximum Gasteiger partial charge on any atom is 0.0247 e. The molecular weight excluding hydrogens is 220 g/mol. The summed E-state index contributed by atoms with van der Waals surface area (Å²) < 4.78 is 0. The molecule has 0 bridgehead atoms. The molecule has 1 aromatic carbocycles. The molecule has 1 unspecified atom stereocenters. The quantitative estimate of drug-likeness (QED) is 0.778. The SMILES string of the molecule is CCC(C)c1ccc(CCNC(C)(C)CN)cc1. The first-order valence-corrected chi connectivity index (χ1v) is 7.02. The summed E-state index contributed by atoms with van der Waals surface area (Å²) in [5, 5.41) is 3.48. The van der Waals surface area contributed by atoms with Crippen LogP contribution in [0.2, 0.25) is 0 Å². The van der Waals surface area contributed by atoms with Gasteiger partial charge in [0.25, 0.3) is 0 Å². The highest BCUT2D eigenvalue weighted by atomic mass is 15.0. The van der Waals surface area contributed by atoms with Gasteiger partial charge < -0.3 is 11.1 Å². The molecule has 0 aliphatic carbocycles. The van der Waals surface area contributed by atoms with Gasteiger partial charge in [-0.25, -0.2) is 0 Å². The van der Waals surface area contributed by atoms with Crippen molar-refractivity contribution in [2.45, 2.75) is 52.0 Å². The summed E-state index contributed by atoms with van der Waals surface area (Å²) in [4.78, 5) is 0. The van der Waals surface area contributed by atoms with Crippen molar-refractivity contribution in [2.75, 3.05) is 13.1 Å².